The number of methoxy groups -OCH3 is 2. The van der Waals surface area contributed by atoms with Gasteiger partial charge in [0.1, 0.15) is 4.90 Å². The fourth-order valence-electron chi connectivity index (χ4n) is 1.64. The lowest BCUT2D eigenvalue weighted by Gasteiger charge is -2.15. The van der Waals surface area contributed by atoms with Crippen molar-refractivity contribution in [2.45, 2.75) is 18.2 Å². The summed E-state index contributed by atoms with van der Waals surface area (Å²) in [5.74, 6) is -1.00. The lowest BCUT2D eigenvalue weighted by atomic mass is 10.1. The number of carboxylic acids is 1. The first kappa shape index (κ1) is 17.2. The Balaban J connectivity index is 3.42. The number of carboxylic acid groups (broad SMARTS) is 1. The van der Waals surface area contributed by atoms with Gasteiger partial charge in [0.15, 0.2) is 11.5 Å². The van der Waals surface area contributed by atoms with Gasteiger partial charge in [-0.2, -0.15) is 0 Å². The molecule has 0 saturated carbocycles. The highest BCUT2D eigenvalue weighted by Crippen LogP contribution is 2.35. The predicted molar refractivity (Wildman–Crippen MR) is 72.8 cm³/mol. The van der Waals surface area contributed by atoms with Crippen LogP contribution < -0.4 is 14.4 Å². The molecule has 21 heavy (non-hydrogen) atoms. The molecular formula is C12H17NO7S. The van der Waals surface area contributed by atoms with Gasteiger partial charge in [0.2, 0.25) is 0 Å². The molecule has 1 aromatic rings. The number of ether oxygens (including phenoxy) is 2. The minimum Gasteiger partial charge on any atom is -0.493 e. The average Bonchev–Trinajstić information content (AvgIpc) is 2.43. The first-order chi connectivity index (χ1) is 9.85. The molecule has 0 heterocycles. The average molecular weight is 319 g/mol. The summed E-state index contributed by atoms with van der Waals surface area (Å²) in [6.07, 6.45) is -0.350. The van der Waals surface area contributed by atoms with Gasteiger partial charge in [-0.1, -0.05) is 4.89 Å². The van der Waals surface area contributed by atoms with Crippen molar-refractivity contribution in [3.05, 3.63) is 17.7 Å². The van der Waals surface area contributed by atoms with E-state index >= 15 is 0 Å². The Bertz CT molecular complexity index is 612. The Morgan fingerprint density at radius 3 is 2.43 bits per heavy atom. The summed E-state index contributed by atoms with van der Waals surface area (Å²) < 4.78 is 34.4. The zero-order chi connectivity index (χ0) is 16.0. The minimum absolute atomic E-state index is 0.0289. The topological polar surface area (TPSA) is 111 Å². The van der Waals surface area contributed by atoms with E-state index in [1.807, 2.05) is 4.89 Å². The fraction of sp³-hybridized carbons (Fsp3) is 0.417. The van der Waals surface area contributed by atoms with Crippen LogP contribution in [0.2, 0.25) is 0 Å². The van der Waals surface area contributed by atoms with E-state index in [9.17, 15) is 13.2 Å². The summed E-state index contributed by atoms with van der Waals surface area (Å²) in [7, 11) is -1.41. The molecule has 0 aliphatic carbocycles. The molecule has 2 N–H and O–H groups in total. The first-order valence-electron chi connectivity index (χ1n) is 5.96. The number of nitrogens with one attached hydrogen (secondary N) is 1. The molecule has 0 fully saturated rings. The van der Waals surface area contributed by atoms with Crippen LogP contribution in [0.1, 0.15) is 12.5 Å². The molecule has 0 spiro atoms. The number of benzene rings is 1. The van der Waals surface area contributed by atoms with Gasteiger partial charge >= 0.3 is 5.97 Å². The van der Waals surface area contributed by atoms with Crippen LogP contribution in [-0.4, -0.2) is 40.3 Å². The lowest BCUT2D eigenvalue weighted by molar-refractivity contribution is -0.136. The van der Waals surface area contributed by atoms with Gasteiger partial charge in [0.25, 0.3) is 10.0 Å². The van der Waals surface area contributed by atoms with Crippen molar-refractivity contribution in [2.75, 3.05) is 20.8 Å². The summed E-state index contributed by atoms with van der Waals surface area (Å²) >= 11 is 0. The number of carbonyl (C=O) groups is 1. The maximum Gasteiger partial charge on any atom is 0.307 e. The molecule has 0 bridgehead atoms. The van der Waals surface area contributed by atoms with Crippen molar-refractivity contribution in [1.29, 1.82) is 0 Å². The smallest absolute Gasteiger partial charge is 0.307 e. The molecule has 0 atom stereocenters. The molecule has 0 amide bonds. The van der Waals surface area contributed by atoms with Crippen LogP contribution in [0.4, 0.5) is 0 Å². The zero-order valence-electron chi connectivity index (χ0n) is 11.9. The van der Waals surface area contributed by atoms with Gasteiger partial charge < -0.3 is 14.6 Å². The molecule has 8 nitrogen and oxygen atoms in total. The van der Waals surface area contributed by atoms with Crippen molar-refractivity contribution in [2.24, 2.45) is 0 Å². The van der Waals surface area contributed by atoms with E-state index < -0.39 is 16.0 Å². The Morgan fingerprint density at radius 1 is 1.29 bits per heavy atom. The third kappa shape index (κ3) is 4.31. The van der Waals surface area contributed by atoms with Gasteiger partial charge in [-0.15, -0.1) is 0 Å². The largest absolute Gasteiger partial charge is 0.493 e. The minimum atomic E-state index is -4.03. The second-order valence-electron chi connectivity index (χ2n) is 3.92. The molecule has 0 radical (unpaired) electrons. The monoisotopic (exact) mass is 319 g/mol. The van der Waals surface area contributed by atoms with Crippen LogP contribution in [0.25, 0.3) is 0 Å². The number of aliphatic carboxylic acids is 1. The summed E-state index contributed by atoms with van der Waals surface area (Å²) in [6.45, 7) is 1.74. The SMILES string of the molecule is CCONS(=O)(=O)c1cc(CC(=O)O)cc(OC)c1OC. The number of hydrogen-bond donors (Lipinski definition) is 2. The maximum absolute atomic E-state index is 12.2. The Labute approximate surface area is 122 Å². The first-order valence-corrected chi connectivity index (χ1v) is 7.44. The second kappa shape index (κ2) is 7.25. The van der Waals surface area contributed by atoms with Crippen LogP contribution in [0.15, 0.2) is 17.0 Å². The van der Waals surface area contributed by atoms with E-state index in [-0.39, 0.29) is 35.0 Å². The highest BCUT2D eigenvalue weighted by atomic mass is 32.2. The second-order valence-corrected chi connectivity index (χ2v) is 5.53. The van der Waals surface area contributed by atoms with Gasteiger partial charge in [-0.05, 0) is 24.6 Å². The molecule has 0 unspecified atom stereocenters. The molecule has 118 valence electrons. The molecule has 0 saturated heterocycles. The van der Waals surface area contributed by atoms with Crippen molar-refractivity contribution < 1.29 is 32.6 Å². The Hall–Kier alpha value is -1.84. The van der Waals surface area contributed by atoms with Gasteiger partial charge in [0.05, 0.1) is 27.2 Å². The van der Waals surface area contributed by atoms with Crippen LogP contribution >= 0.6 is 0 Å². The van der Waals surface area contributed by atoms with Crippen LogP contribution in [0, 0.1) is 0 Å². The number of hydrogen-bond acceptors (Lipinski definition) is 6. The Kier molecular flexibility index (Phi) is 5.94. The van der Waals surface area contributed by atoms with E-state index in [1.54, 1.807) is 6.92 Å². The normalized spacial score (nSPS) is 11.2. The van der Waals surface area contributed by atoms with E-state index in [1.165, 1.54) is 26.4 Å². The molecule has 0 aliphatic rings. The molecule has 1 aromatic carbocycles. The third-order valence-electron chi connectivity index (χ3n) is 2.46. The molecular weight excluding hydrogens is 302 g/mol. The van der Waals surface area contributed by atoms with Crippen LogP contribution in [0.3, 0.4) is 0 Å². The molecule has 1 rings (SSSR count). The standard InChI is InChI=1S/C12H17NO7S/c1-4-20-13-21(16,17)10-6-8(7-11(14)15)5-9(18-2)12(10)19-3/h5-6,13H,4,7H2,1-3H3,(H,14,15). The lowest BCUT2D eigenvalue weighted by Crippen LogP contribution is -2.25. The molecule has 0 aliphatic heterocycles. The van der Waals surface area contributed by atoms with E-state index in [4.69, 9.17) is 19.4 Å². The summed E-state index contributed by atoms with van der Waals surface area (Å²) in [5.41, 5.74) is 0.261. The Morgan fingerprint density at radius 2 is 1.95 bits per heavy atom. The highest BCUT2D eigenvalue weighted by Gasteiger charge is 2.24. The van der Waals surface area contributed by atoms with Crippen LogP contribution in [-0.2, 0) is 26.1 Å². The predicted octanol–water partition coefficient (Wildman–Crippen LogP) is 0.561. The number of rotatable bonds is 8. The molecule has 9 heteroatoms. The van der Waals surface area contributed by atoms with Crippen molar-refractivity contribution in [3.8, 4) is 11.5 Å². The van der Waals surface area contributed by atoms with Gasteiger partial charge in [-0.25, -0.2) is 8.42 Å². The van der Waals surface area contributed by atoms with E-state index in [2.05, 4.69) is 0 Å². The fourth-order valence-corrected chi connectivity index (χ4v) is 2.74. The maximum atomic E-state index is 12.2. The molecule has 0 aromatic heterocycles. The summed E-state index contributed by atoms with van der Waals surface area (Å²) in [4.78, 5) is 17.2. The van der Waals surface area contributed by atoms with E-state index in [0.29, 0.717) is 0 Å². The quantitative estimate of drug-likeness (QED) is 0.673. The van der Waals surface area contributed by atoms with E-state index in [0.717, 1.165) is 0 Å². The van der Waals surface area contributed by atoms with Gasteiger partial charge in [0, 0.05) is 0 Å². The summed E-state index contributed by atoms with van der Waals surface area (Å²) in [5, 5.41) is 8.83. The van der Waals surface area contributed by atoms with Crippen LogP contribution in [0.5, 0.6) is 11.5 Å². The van der Waals surface area contributed by atoms with Gasteiger partial charge in [-0.3, -0.25) is 9.63 Å². The third-order valence-corrected chi connectivity index (χ3v) is 3.68. The van der Waals surface area contributed by atoms with Crippen molar-refractivity contribution >= 4 is 16.0 Å². The van der Waals surface area contributed by atoms with Crippen molar-refractivity contribution in [3.63, 3.8) is 0 Å². The van der Waals surface area contributed by atoms with Crippen molar-refractivity contribution in [1.82, 2.24) is 4.89 Å². The highest BCUT2D eigenvalue weighted by molar-refractivity contribution is 7.89. The summed E-state index contributed by atoms with van der Waals surface area (Å²) in [6, 6.07) is 2.61. The number of sulfonamides is 1. The zero-order valence-corrected chi connectivity index (χ0v) is 12.7.